The zero-order valence-corrected chi connectivity index (χ0v) is 16.2. The zero-order chi connectivity index (χ0) is 19.7. The van der Waals surface area contributed by atoms with Crippen LogP contribution in [0.25, 0.3) is 0 Å². The van der Waals surface area contributed by atoms with Crippen LogP contribution in [0.2, 0.25) is 0 Å². The lowest BCUT2D eigenvalue weighted by Gasteiger charge is -2.08. The molecule has 0 unspecified atom stereocenters. The van der Waals surface area contributed by atoms with Crippen LogP contribution >= 0.6 is 0 Å². The predicted octanol–water partition coefficient (Wildman–Crippen LogP) is 1.73. The molecular weight excluding hydrogens is 368 g/mol. The molecule has 27 heavy (non-hydrogen) atoms. The van der Waals surface area contributed by atoms with Crippen molar-refractivity contribution in [2.45, 2.75) is 17.7 Å². The highest BCUT2D eigenvalue weighted by Gasteiger charge is 2.14. The van der Waals surface area contributed by atoms with Gasteiger partial charge in [0, 0.05) is 19.5 Å². The molecule has 0 saturated carbocycles. The highest BCUT2D eigenvalue weighted by atomic mass is 32.2. The van der Waals surface area contributed by atoms with Gasteiger partial charge in [-0.2, -0.15) is 0 Å². The van der Waals surface area contributed by atoms with E-state index in [-0.39, 0.29) is 23.8 Å². The first-order chi connectivity index (χ1) is 12.9. The first-order valence-corrected chi connectivity index (χ1v) is 9.96. The molecule has 0 aliphatic heterocycles. The van der Waals surface area contributed by atoms with Crippen LogP contribution in [0.1, 0.15) is 12.0 Å². The summed E-state index contributed by atoms with van der Waals surface area (Å²) in [7, 11) is -0.530. The lowest BCUT2D eigenvalue weighted by Crippen LogP contribution is -2.31. The minimum absolute atomic E-state index is 0.0305. The number of carbonyl (C=O) groups is 1. The smallest absolute Gasteiger partial charge is 0.240 e. The average molecular weight is 392 g/mol. The summed E-state index contributed by atoms with van der Waals surface area (Å²) in [6.45, 7) is 0.513. The van der Waals surface area contributed by atoms with Crippen molar-refractivity contribution in [3.05, 3.63) is 54.1 Å². The van der Waals surface area contributed by atoms with E-state index in [0.29, 0.717) is 18.7 Å². The van der Waals surface area contributed by atoms with E-state index in [0.717, 1.165) is 11.3 Å². The fourth-order valence-corrected chi connectivity index (χ4v) is 3.40. The Morgan fingerprint density at radius 3 is 2.00 bits per heavy atom. The molecule has 0 fully saturated rings. The Morgan fingerprint density at radius 1 is 0.889 bits per heavy atom. The summed E-state index contributed by atoms with van der Waals surface area (Å²) in [5.41, 5.74) is 1.08. The fraction of sp³-hybridized carbons (Fsp3) is 0.316. The van der Waals surface area contributed by atoms with Gasteiger partial charge in [0.05, 0.1) is 19.1 Å². The Bertz CT molecular complexity index is 833. The molecule has 0 aliphatic carbocycles. The molecule has 2 N–H and O–H groups in total. The van der Waals surface area contributed by atoms with Gasteiger partial charge in [-0.15, -0.1) is 0 Å². The summed E-state index contributed by atoms with van der Waals surface area (Å²) >= 11 is 0. The normalized spacial score (nSPS) is 11.0. The van der Waals surface area contributed by atoms with E-state index >= 15 is 0 Å². The van der Waals surface area contributed by atoms with Crippen LogP contribution in [0.4, 0.5) is 0 Å². The number of sulfonamides is 1. The highest BCUT2D eigenvalue weighted by Crippen LogP contribution is 2.15. The van der Waals surface area contributed by atoms with Crippen molar-refractivity contribution in [1.29, 1.82) is 0 Å². The van der Waals surface area contributed by atoms with Crippen molar-refractivity contribution in [2.75, 3.05) is 27.3 Å². The topological polar surface area (TPSA) is 93.7 Å². The molecule has 1 amide bonds. The van der Waals surface area contributed by atoms with Gasteiger partial charge in [0.25, 0.3) is 0 Å². The number of carbonyl (C=O) groups excluding carboxylic acids is 1. The minimum Gasteiger partial charge on any atom is -0.497 e. The minimum atomic E-state index is -3.65. The van der Waals surface area contributed by atoms with Crippen LogP contribution in [-0.2, 0) is 21.2 Å². The molecule has 7 nitrogen and oxygen atoms in total. The number of hydrogen-bond donors (Lipinski definition) is 2. The zero-order valence-electron chi connectivity index (χ0n) is 15.4. The number of nitrogens with one attached hydrogen (secondary N) is 2. The molecule has 0 aromatic heterocycles. The van der Waals surface area contributed by atoms with Crippen LogP contribution in [0, 0.1) is 0 Å². The summed E-state index contributed by atoms with van der Waals surface area (Å²) < 4.78 is 36.9. The summed E-state index contributed by atoms with van der Waals surface area (Å²) in [6, 6.07) is 13.7. The molecule has 2 aromatic carbocycles. The van der Waals surface area contributed by atoms with E-state index in [9.17, 15) is 13.2 Å². The third kappa shape index (κ3) is 6.58. The number of ether oxygens (including phenoxy) is 2. The number of benzene rings is 2. The van der Waals surface area contributed by atoms with Gasteiger partial charge < -0.3 is 14.8 Å². The molecule has 0 radical (unpaired) electrons. The van der Waals surface area contributed by atoms with E-state index in [1.54, 1.807) is 19.2 Å². The van der Waals surface area contributed by atoms with Crippen LogP contribution in [0.15, 0.2) is 53.4 Å². The maximum absolute atomic E-state index is 12.2. The molecule has 146 valence electrons. The van der Waals surface area contributed by atoms with Gasteiger partial charge in [-0.25, -0.2) is 13.1 Å². The summed E-state index contributed by atoms with van der Waals surface area (Å²) in [5.74, 6) is 1.15. The number of rotatable bonds is 10. The molecular formula is C19H24N2O5S. The third-order valence-corrected chi connectivity index (χ3v) is 5.39. The average Bonchev–Trinajstić information content (AvgIpc) is 2.68. The second-order valence-electron chi connectivity index (χ2n) is 5.77. The lowest BCUT2D eigenvalue weighted by atomic mass is 10.1. The van der Waals surface area contributed by atoms with Crippen LogP contribution in [-0.4, -0.2) is 41.6 Å². The Kier molecular flexibility index (Phi) is 7.63. The number of amides is 1. The molecule has 8 heteroatoms. The first kappa shape index (κ1) is 20.7. The molecule has 0 saturated heterocycles. The van der Waals surface area contributed by atoms with E-state index in [1.165, 1.54) is 19.2 Å². The van der Waals surface area contributed by atoms with Crippen molar-refractivity contribution in [2.24, 2.45) is 0 Å². The van der Waals surface area contributed by atoms with Crippen LogP contribution in [0.5, 0.6) is 11.5 Å². The first-order valence-electron chi connectivity index (χ1n) is 8.48. The standard InChI is InChI=1S/C19H24N2O5S/c1-25-16-5-3-15(4-6-16)11-13-20-19(22)12-14-21-27(23,24)18-9-7-17(26-2)8-10-18/h3-10,21H,11-14H2,1-2H3,(H,20,22). The van der Waals surface area contributed by atoms with E-state index < -0.39 is 10.0 Å². The summed E-state index contributed by atoms with van der Waals surface area (Å²) in [5, 5.41) is 2.78. The number of hydrogen-bond acceptors (Lipinski definition) is 5. The van der Waals surface area contributed by atoms with Crippen molar-refractivity contribution >= 4 is 15.9 Å². The quantitative estimate of drug-likeness (QED) is 0.642. The van der Waals surface area contributed by atoms with Gasteiger partial charge in [0.2, 0.25) is 15.9 Å². The SMILES string of the molecule is COc1ccc(CCNC(=O)CCNS(=O)(=O)c2ccc(OC)cc2)cc1. The second-order valence-corrected chi connectivity index (χ2v) is 7.54. The monoisotopic (exact) mass is 392 g/mol. The lowest BCUT2D eigenvalue weighted by molar-refractivity contribution is -0.120. The summed E-state index contributed by atoms with van der Waals surface area (Å²) in [4.78, 5) is 12.0. The summed E-state index contributed by atoms with van der Waals surface area (Å²) in [6.07, 6.45) is 0.755. The van der Waals surface area contributed by atoms with E-state index in [2.05, 4.69) is 10.0 Å². The largest absolute Gasteiger partial charge is 0.497 e. The molecule has 0 heterocycles. The van der Waals surface area contributed by atoms with Gasteiger partial charge in [0.15, 0.2) is 0 Å². The molecule has 0 bridgehead atoms. The van der Waals surface area contributed by atoms with E-state index in [1.807, 2.05) is 24.3 Å². The Hall–Kier alpha value is -2.58. The molecule has 0 atom stereocenters. The van der Waals surface area contributed by atoms with Crippen molar-refractivity contribution in [3.63, 3.8) is 0 Å². The molecule has 2 rings (SSSR count). The Balaban J connectivity index is 1.71. The molecule has 0 aliphatic rings. The Morgan fingerprint density at radius 2 is 1.44 bits per heavy atom. The van der Waals surface area contributed by atoms with Crippen LogP contribution in [0.3, 0.4) is 0 Å². The van der Waals surface area contributed by atoms with Gasteiger partial charge in [-0.1, -0.05) is 12.1 Å². The maximum atomic E-state index is 12.2. The van der Waals surface area contributed by atoms with Crippen molar-refractivity contribution in [3.8, 4) is 11.5 Å². The fourth-order valence-electron chi connectivity index (χ4n) is 2.36. The second kappa shape index (κ2) is 9.94. The molecule has 2 aromatic rings. The number of methoxy groups -OCH3 is 2. The molecule has 0 spiro atoms. The third-order valence-electron chi connectivity index (χ3n) is 3.91. The van der Waals surface area contributed by atoms with Crippen LogP contribution < -0.4 is 19.5 Å². The Labute approximate surface area is 159 Å². The van der Waals surface area contributed by atoms with Crippen molar-refractivity contribution in [1.82, 2.24) is 10.0 Å². The van der Waals surface area contributed by atoms with Gasteiger partial charge in [0.1, 0.15) is 11.5 Å². The van der Waals surface area contributed by atoms with E-state index in [4.69, 9.17) is 9.47 Å². The van der Waals surface area contributed by atoms with Gasteiger partial charge in [-0.3, -0.25) is 4.79 Å². The van der Waals surface area contributed by atoms with Gasteiger partial charge >= 0.3 is 0 Å². The van der Waals surface area contributed by atoms with Crippen molar-refractivity contribution < 1.29 is 22.7 Å². The van der Waals surface area contributed by atoms with Gasteiger partial charge in [-0.05, 0) is 48.4 Å². The highest BCUT2D eigenvalue weighted by molar-refractivity contribution is 7.89. The predicted molar refractivity (Wildman–Crippen MR) is 103 cm³/mol. The maximum Gasteiger partial charge on any atom is 0.240 e.